The van der Waals surface area contributed by atoms with E-state index in [1.54, 1.807) is 0 Å². The summed E-state index contributed by atoms with van der Waals surface area (Å²) in [6.45, 7) is 4.13. The van der Waals surface area contributed by atoms with Crippen molar-refractivity contribution in [2.45, 2.75) is 26.7 Å². The number of hydrogen-bond acceptors (Lipinski definition) is 5. The van der Waals surface area contributed by atoms with Gasteiger partial charge in [-0.25, -0.2) is 15.0 Å². The van der Waals surface area contributed by atoms with Crippen molar-refractivity contribution in [3.63, 3.8) is 0 Å². The first-order valence-electron chi connectivity index (χ1n) is 7.02. The number of nitrogen functional groups attached to an aromatic ring is 1. The maximum atomic E-state index is 5.76. The number of pyridine rings is 2. The van der Waals surface area contributed by atoms with E-state index in [0.717, 1.165) is 46.4 Å². The van der Waals surface area contributed by atoms with Gasteiger partial charge in [-0.2, -0.15) is 0 Å². The molecule has 0 bridgehead atoms. The molecule has 3 aromatic heterocycles. The van der Waals surface area contributed by atoms with Gasteiger partial charge in [-0.15, -0.1) is 0 Å². The molecule has 0 aliphatic heterocycles. The molecule has 5 heteroatoms. The van der Waals surface area contributed by atoms with Crippen LogP contribution in [0.2, 0.25) is 0 Å². The monoisotopic (exact) mass is 279 g/mol. The van der Waals surface area contributed by atoms with E-state index in [1.807, 2.05) is 31.5 Å². The standard InChI is InChI=1S/C16H17N5/c1-3-4-13-15-14(21-16(17)20-13)6-5-12(19-15)11-7-10(2)8-18-9-11/h5-9H,3-4H2,1-2H3,(H2,17,20,21). The second kappa shape index (κ2) is 5.44. The number of rotatable bonds is 3. The molecule has 0 fully saturated rings. The van der Waals surface area contributed by atoms with Crippen LogP contribution in [0, 0.1) is 6.92 Å². The lowest BCUT2D eigenvalue weighted by Crippen LogP contribution is -2.02. The van der Waals surface area contributed by atoms with Gasteiger partial charge in [0.2, 0.25) is 5.95 Å². The van der Waals surface area contributed by atoms with Crippen LogP contribution in [0.1, 0.15) is 24.6 Å². The van der Waals surface area contributed by atoms with Gasteiger partial charge in [0.05, 0.1) is 16.9 Å². The SMILES string of the molecule is CCCc1nc(N)nc2ccc(-c3cncc(C)c3)nc12. The van der Waals surface area contributed by atoms with Gasteiger partial charge in [0.25, 0.3) is 0 Å². The molecule has 0 unspecified atom stereocenters. The molecule has 0 saturated carbocycles. The quantitative estimate of drug-likeness (QED) is 0.797. The zero-order chi connectivity index (χ0) is 14.8. The lowest BCUT2D eigenvalue weighted by molar-refractivity contribution is 0.885. The summed E-state index contributed by atoms with van der Waals surface area (Å²) in [6.07, 6.45) is 5.48. The Bertz CT molecular complexity index is 798. The van der Waals surface area contributed by atoms with Crippen LogP contribution in [0.5, 0.6) is 0 Å². The van der Waals surface area contributed by atoms with E-state index in [9.17, 15) is 0 Å². The summed E-state index contributed by atoms with van der Waals surface area (Å²) < 4.78 is 0. The van der Waals surface area contributed by atoms with Gasteiger partial charge in [0.15, 0.2) is 0 Å². The first-order valence-corrected chi connectivity index (χ1v) is 7.02. The van der Waals surface area contributed by atoms with Crippen LogP contribution >= 0.6 is 0 Å². The van der Waals surface area contributed by atoms with Crippen LogP contribution in [0.4, 0.5) is 5.95 Å². The molecule has 2 N–H and O–H groups in total. The third kappa shape index (κ3) is 2.67. The van der Waals surface area contributed by atoms with Gasteiger partial charge in [0.1, 0.15) is 5.52 Å². The predicted octanol–water partition coefficient (Wildman–Crippen LogP) is 2.93. The van der Waals surface area contributed by atoms with Gasteiger partial charge >= 0.3 is 0 Å². The molecular weight excluding hydrogens is 262 g/mol. The molecule has 5 nitrogen and oxygen atoms in total. The number of aromatic nitrogens is 4. The van der Waals surface area contributed by atoms with Crippen molar-refractivity contribution in [3.05, 3.63) is 41.9 Å². The summed E-state index contributed by atoms with van der Waals surface area (Å²) in [5.74, 6) is 0.303. The largest absolute Gasteiger partial charge is 0.368 e. The van der Waals surface area contributed by atoms with Crippen molar-refractivity contribution in [3.8, 4) is 11.3 Å². The number of hydrogen-bond donors (Lipinski definition) is 1. The minimum atomic E-state index is 0.303. The molecule has 21 heavy (non-hydrogen) atoms. The Kier molecular flexibility index (Phi) is 3.48. The Morgan fingerprint density at radius 3 is 2.71 bits per heavy atom. The Balaban J connectivity index is 2.19. The average molecular weight is 279 g/mol. The normalized spacial score (nSPS) is 11.0. The minimum Gasteiger partial charge on any atom is -0.368 e. The molecule has 0 radical (unpaired) electrons. The Hall–Kier alpha value is -2.56. The van der Waals surface area contributed by atoms with Crippen molar-refractivity contribution in [1.82, 2.24) is 19.9 Å². The molecule has 0 spiro atoms. The Morgan fingerprint density at radius 1 is 1.10 bits per heavy atom. The average Bonchev–Trinajstić information content (AvgIpc) is 2.47. The summed E-state index contributed by atoms with van der Waals surface area (Å²) >= 11 is 0. The maximum Gasteiger partial charge on any atom is 0.220 e. The number of nitrogens with two attached hydrogens (primary N) is 1. The van der Waals surface area contributed by atoms with Crippen LogP contribution in [0.15, 0.2) is 30.6 Å². The molecule has 0 aliphatic carbocycles. The highest BCUT2D eigenvalue weighted by molar-refractivity contribution is 5.80. The third-order valence-corrected chi connectivity index (χ3v) is 3.29. The van der Waals surface area contributed by atoms with Crippen LogP contribution < -0.4 is 5.73 Å². The highest BCUT2D eigenvalue weighted by Gasteiger charge is 2.09. The van der Waals surface area contributed by atoms with Gasteiger partial charge in [0, 0.05) is 18.0 Å². The van der Waals surface area contributed by atoms with Crippen molar-refractivity contribution >= 4 is 17.0 Å². The van der Waals surface area contributed by atoms with Crippen LogP contribution in [-0.2, 0) is 6.42 Å². The van der Waals surface area contributed by atoms with Gasteiger partial charge in [-0.3, -0.25) is 4.98 Å². The van der Waals surface area contributed by atoms with Crippen molar-refractivity contribution in [2.24, 2.45) is 0 Å². The van der Waals surface area contributed by atoms with E-state index in [2.05, 4.69) is 27.9 Å². The lowest BCUT2D eigenvalue weighted by Gasteiger charge is -2.07. The maximum absolute atomic E-state index is 5.76. The number of fused-ring (bicyclic) bond motifs is 1. The van der Waals surface area contributed by atoms with Gasteiger partial charge in [-0.05, 0) is 37.1 Å². The molecule has 106 valence electrons. The van der Waals surface area contributed by atoms with Crippen molar-refractivity contribution in [2.75, 3.05) is 5.73 Å². The fourth-order valence-electron chi connectivity index (χ4n) is 2.36. The van der Waals surface area contributed by atoms with E-state index in [0.29, 0.717) is 5.95 Å². The number of aryl methyl sites for hydroxylation is 2. The van der Waals surface area contributed by atoms with E-state index >= 15 is 0 Å². The van der Waals surface area contributed by atoms with Crippen molar-refractivity contribution < 1.29 is 0 Å². The molecule has 0 amide bonds. The van der Waals surface area contributed by atoms with Crippen LogP contribution in [0.3, 0.4) is 0 Å². The molecule has 0 saturated heterocycles. The summed E-state index contributed by atoms with van der Waals surface area (Å²) in [4.78, 5) is 17.5. The predicted molar refractivity (Wildman–Crippen MR) is 83.7 cm³/mol. The second-order valence-electron chi connectivity index (χ2n) is 5.09. The fraction of sp³-hybridized carbons (Fsp3) is 0.250. The molecule has 3 heterocycles. The molecule has 0 aromatic carbocycles. The van der Waals surface area contributed by atoms with Crippen molar-refractivity contribution in [1.29, 1.82) is 0 Å². The molecule has 0 aliphatic rings. The topological polar surface area (TPSA) is 77.6 Å². The summed E-state index contributed by atoms with van der Waals surface area (Å²) in [7, 11) is 0. The molecular formula is C16H17N5. The zero-order valence-corrected chi connectivity index (χ0v) is 12.2. The number of anilines is 1. The highest BCUT2D eigenvalue weighted by Crippen LogP contribution is 2.22. The summed E-state index contributed by atoms with van der Waals surface area (Å²) in [5, 5.41) is 0. The minimum absolute atomic E-state index is 0.303. The molecule has 3 rings (SSSR count). The smallest absolute Gasteiger partial charge is 0.220 e. The first kappa shape index (κ1) is 13.4. The van der Waals surface area contributed by atoms with Crippen LogP contribution in [0.25, 0.3) is 22.3 Å². The molecule has 0 atom stereocenters. The lowest BCUT2D eigenvalue weighted by atomic mass is 10.1. The highest BCUT2D eigenvalue weighted by atomic mass is 15.0. The Labute approximate surface area is 123 Å². The third-order valence-electron chi connectivity index (χ3n) is 3.29. The number of nitrogens with zero attached hydrogens (tertiary/aromatic N) is 4. The Morgan fingerprint density at radius 2 is 1.95 bits per heavy atom. The molecule has 3 aromatic rings. The fourth-order valence-corrected chi connectivity index (χ4v) is 2.36. The van der Waals surface area contributed by atoms with E-state index < -0.39 is 0 Å². The van der Waals surface area contributed by atoms with E-state index in [1.165, 1.54) is 0 Å². The summed E-state index contributed by atoms with van der Waals surface area (Å²) in [6, 6.07) is 5.96. The zero-order valence-electron chi connectivity index (χ0n) is 12.2. The van der Waals surface area contributed by atoms with Crippen LogP contribution in [-0.4, -0.2) is 19.9 Å². The van der Waals surface area contributed by atoms with E-state index in [-0.39, 0.29) is 0 Å². The van der Waals surface area contributed by atoms with Gasteiger partial charge in [-0.1, -0.05) is 13.3 Å². The first-order chi connectivity index (χ1) is 10.2. The van der Waals surface area contributed by atoms with Gasteiger partial charge < -0.3 is 5.73 Å². The second-order valence-corrected chi connectivity index (χ2v) is 5.09. The van der Waals surface area contributed by atoms with E-state index in [4.69, 9.17) is 10.7 Å². The summed E-state index contributed by atoms with van der Waals surface area (Å²) in [5.41, 5.74) is 11.3.